The number of benzene rings is 1. The predicted octanol–water partition coefficient (Wildman–Crippen LogP) is 4.07. The van der Waals surface area contributed by atoms with Crippen molar-refractivity contribution in [3.05, 3.63) is 49.1 Å². The summed E-state index contributed by atoms with van der Waals surface area (Å²) in [5.74, 6) is 1.63. The first kappa shape index (κ1) is 18.2. The van der Waals surface area contributed by atoms with Crippen LogP contribution in [0.3, 0.4) is 0 Å². The number of likely N-dealkylation sites (tertiary alicyclic amines) is 1. The van der Waals surface area contributed by atoms with Gasteiger partial charge in [0.2, 0.25) is 0 Å². The molecule has 3 heterocycles. The maximum Gasteiger partial charge on any atom is 0.187 e. The number of thioether (sulfide) groups is 1. The molecule has 0 amide bonds. The van der Waals surface area contributed by atoms with Gasteiger partial charge in [-0.1, -0.05) is 49.0 Å². The van der Waals surface area contributed by atoms with E-state index >= 15 is 0 Å². The molecule has 1 saturated heterocycles. The third-order valence-electron chi connectivity index (χ3n) is 5.00. The molecule has 0 unspecified atom stereocenters. The van der Waals surface area contributed by atoms with Crippen LogP contribution < -0.4 is 0 Å². The second kappa shape index (κ2) is 8.23. The van der Waals surface area contributed by atoms with Gasteiger partial charge in [-0.15, -0.1) is 0 Å². The van der Waals surface area contributed by atoms with Gasteiger partial charge in [-0.3, -0.25) is 0 Å². The van der Waals surface area contributed by atoms with Gasteiger partial charge >= 0.3 is 0 Å². The Morgan fingerprint density at radius 2 is 1.85 bits per heavy atom. The second-order valence-electron chi connectivity index (χ2n) is 7.06. The van der Waals surface area contributed by atoms with Crippen molar-refractivity contribution in [2.45, 2.75) is 25.0 Å². The quantitative estimate of drug-likeness (QED) is 0.477. The summed E-state index contributed by atoms with van der Waals surface area (Å²) in [7, 11) is 2.20. The lowest BCUT2D eigenvalue weighted by molar-refractivity contribution is 0.378. The fourth-order valence-corrected chi connectivity index (χ4v) is 4.24. The molecule has 0 saturated carbocycles. The number of aromatic nitrogens is 4. The minimum absolute atomic E-state index is 0.655. The zero-order valence-corrected chi connectivity index (χ0v) is 16.7. The van der Waals surface area contributed by atoms with Gasteiger partial charge in [-0.25, -0.2) is 15.0 Å². The number of rotatable bonds is 6. The Hall–Kier alpha value is -2.18. The fourth-order valence-electron chi connectivity index (χ4n) is 3.73. The average Bonchev–Trinajstić information content (AvgIpc) is 3.30. The van der Waals surface area contributed by atoms with E-state index in [1.165, 1.54) is 13.0 Å². The van der Waals surface area contributed by atoms with Crippen molar-refractivity contribution in [1.82, 2.24) is 24.4 Å². The van der Waals surface area contributed by atoms with E-state index in [-0.39, 0.29) is 0 Å². The molecule has 1 aliphatic heterocycles. The van der Waals surface area contributed by atoms with E-state index in [2.05, 4.69) is 57.7 Å². The van der Waals surface area contributed by atoms with Gasteiger partial charge in [0.1, 0.15) is 0 Å². The van der Waals surface area contributed by atoms with E-state index in [0.717, 1.165) is 46.5 Å². The maximum atomic E-state index is 4.77. The zero-order valence-electron chi connectivity index (χ0n) is 15.9. The molecule has 1 atom stereocenters. The first-order valence-corrected chi connectivity index (χ1v) is 10.5. The molecule has 4 rings (SSSR count). The summed E-state index contributed by atoms with van der Waals surface area (Å²) >= 11 is 1.66. The van der Waals surface area contributed by atoms with Gasteiger partial charge in [0, 0.05) is 36.6 Å². The van der Waals surface area contributed by atoms with Crippen LogP contribution in [0.25, 0.3) is 22.5 Å². The summed E-state index contributed by atoms with van der Waals surface area (Å²) in [6, 6.07) is 10.4. The lowest BCUT2D eigenvalue weighted by atomic mass is 10.1. The van der Waals surface area contributed by atoms with Gasteiger partial charge in [0.15, 0.2) is 5.16 Å². The van der Waals surface area contributed by atoms with Crippen molar-refractivity contribution >= 4 is 11.8 Å². The van der Waals surface area contributed by atoms with E-state index in [1.807, 2.05) is 24.8 Å². The van der Waals surface area contributed by atoms with Crippen molar-refractivity contribution in [2.24, 2.45) is 5.92 Å². The number of hydrogen-bond acceptors (Lipinski definition) is 5. The molecule has 0 aliphatic carbocycles. The Bertz CT molecular complexity index is 875. The molecule has 0 radical (unpaired) electrons. The summed E-state index contributed by atoms with van der Waals surface area (Å²) in [5.41, 5.74) is 4.27. The molecule has 27 heavy (non-hydrogen) atoms. The van der Waals surface area contributed by atoms with E-state index < -0.39 is 0 Å². The Kier molecular flexibility index (Phi) is 5.55. The number of imidazole rings is 1. The van der Waals surface area contributed by atoms with Crippen molar-refractivity contribution in [3.63, 3.8) is 0 Å². The average molecular weight is 380 g/mol. The molecule has 6 heteroatoms. The van der Waals surface area contributed by atoms with E-state index in [0.29, 0.717) is 5.92 Å². The van der Waals surface area contributed by atoms with Crippen LogP contribution in [0, 0.1) is 5.92 Å². The zero-order chi connectivity index (χ0) is 18.6. The molecule has 3 aromatic rings. The minimum Gasteiger partial charge on any atom is -0.330 e. The van der Waals surface area contributed by atoms with Crippen LogP contribution in [-0.2, 0) is 6.54 Å². The van der Waals surface area contributed by atoms with Crippen LogP contribution in [-0.4, -0.2) is 50.3 Å². The topological polar surface area (TPSA) is 46.8 Å². The van der Waals surface area contributed by atoms with Crippen LogP contribution in [0.1, 0.15) is 13.3 Å². The molecular weight excluding hydrogens is 354 g/mol. The standard InChI is InChI=1S/C21H25N5S/c1-3-27-21-22-11-18(12-23-21)20-19(17-7-5-4-6-8-17)24-15-26(20)14-16-9-10-25(2)13-16/h4-8,11-12,15-16H,3,9-10,13-14H2,1-2H3/t16-/m0/s1. The summed E-state index contributed by atoms with van der Waals surface area (Å²) in [4.78, 5) is 16.3. The molecule has 0 spiro atoms. The lowest BCUT2D eigenvalue weighted by Crippen LogP contribution is -2.17. The number of hydrogen-bond donors (Lipinski definition) is 0. The van der Waals surface area contributed by atoms with Gasteiger partial charge in [0.25, 0.3) is 0 Å². The van der Waals surface area contributed by atoms with Crippen molar-refractivity contribution in [1.29, 1.82) is 0 Å². The Balaban J connectivity index is 1.72. The van der Waals surface area contributed by atoms with Crippen LogP contribution in [0.4, 0.5) is 0 Å². The Morgan fingerprint density at radius 1 is 1.07 bits per heavy atom. The van der Waals surface area contributed by atoms with Crippen molar-refractivity contribution in [3.8, 4) is 22.5 Å². The molecule has 5 nitrogen and oxygen atoms in total. The summed E-state index contributed by atoms with van der Waals surface area (Å²) in [6.07, 6.45) is 7.08. The smallest absolute Gasteiger partial charge is 0.187 e. The van der Waals surface area contributed by atoms with Crippen LogP contribution in [0.2, 0.25) is 0 Å². The molecule has 2 aromatic heterocycles. The first-order valence-electron chi connectivity index (χ1n) is 9.49. The molecule has 1 fully saturated rings. The summed E-state index contributed by atoms with van der Waals surface area (Å²) in [5, 5.41) is 0.825. The highest BCUT2D eigenvalue weighted by Gasteiger charge is 2.23. The Labute approximate surface area is 164 Å². The highest BCUT2D eigenvalue weighted by Crippen LogP contribution is 2.32. The summed E-state index contributed by atoms with van der Waals surface area (Å²) < 4.78 is 2.29. The van der Waals surface area contributed by atoms with Crippen LogP contribution in [0.5, 0.6) is 0 Å². The minimum atomic E-state index is 0.655. The van der Waals surface area contributed by atoms with E-state index in [9.17, 15) is 0 Å². The maximum absolute atomic E-state index is 4.77. The normalized spacial score (nSPS) is 17.5. The third kappa shape index (κ3) is 4.06. The third-order valence-corrected chi connectivity index (χ3v) is 5.76. The molecule has 0 bridgehead atoms. The first-order chi connectivity index (χ1) is 13.2. The highest BCUT2D eigenvalue weighted by molar-refractivity contribution is 7.99. The van der Waals surface area contributed by atoms with Gasteiger partial charge in [-0.05, 0) is 31.7 Å². The van der Waals surface area contributed by atoms with Crippen molar-refractivity contribution in [2.75, 3.05) is 25.9 Å². The molecule has 1 aromatic carbocycles. The molecular formula is C21H25N5S. The predicted molar refractivity (Wildman–Crippen MR) is 111 cm³/mol. The SMILES string of the molecule is CCSc1ncc(-c2c(-c3ccccc3)ncn2C[C@H]2CCN(C)C2)cn1. The second-order valence-corrected chi connectivity index (χ2v) is 8.30. The lowest BCUT2D eigenvalue weighted by Gasteiger charge is -2.15. The monoisotopic (exact) mass is 379 g/mol. The highest BCUT2D eigenvalue weighted by atomic mass is 32.2. The van der Waals surface area contributed by atoms with Gasteiger partial charge in [-0.2, -0.15) is 0 Å². The number of nitrogens with zero attached hydrogens (tertiary/aromatic N) is 5. The van der Waals surface area contributed by atoms with E-state index in [4.69, 9.17) is 4.98 Å². The molecule has 1 aliphatic rings. The molecule has 140 valence electrons. The van der Waals surface area contributed by atoms with Crippen LogP contribution >= 0.6 is 11.8 Å². The largest absolute Gasteiger partial charge is 0.330 e. The fraction of sp³-hybridized carbons (Fsp3) is 0.381. The van der Waals surface area contributed by atoms with Crippen molar-refractivity contribution < 1.29 is 0 Å². The Morgan fingerprint density at radius 3 is 2.52 bits per heavy atom. The summed E-state index contributed by atoms with van der Waals surface area (Å²) in [6.45, 7) is 5.40. The molecule has 0 N–H and O–H groups in total. The van der Waals surface area contributed by atoms with Gasteiger partial charge in [0.05, 0.1) is 17.7 Å². The van der Waals surface area contributed by atoms with Crippen LogP contribution in [0.15, 0.2) is 54.2 Å². The van der Waals surface area contributed by atoms with Gasteiger partial charge < -0.3 is 9.47 Å². The van der Waals surface area contributed by atoms with E-state index in [1.54, 1.807) is 11.8 Å².